The Labute approximate surface area is 204 Å². The van der Waals surface area contributed by atoms with Crippen LogP contribution in [0.4, 0.5) is 5.82 Å². The van der Waals surface area contributed by atoms with Crippen molar-refractivity contribution in [3.8, 4) is 11.1 Å². The van der Waals surface area contributed by atoms with E-state index in [2.05, 4.69) is 31.9 Å². The minimum absolute atomic E-state index is 0.00510. The fourth-order valence-electron chi connectivity index (χ4n) is 5.53. The quantitative estimate of drug-likeness (QED) is 0.416. The molecule has 1 spiro atoms. The number of anilines is 1. The predicted octanol–water partition coefficient (Wildman–Crippen LogP) is 3.38. The van der Waals surface area contributed by atoms with Crippen LogP contribution in [-0.4, -0.2) is 68.6 Å². The standard InChI is InChI=1S/C27H29N7O/c1-32-17-27(18-32)6-9-34(10-7-27)26-12-20(5-8-28-26)24(35)13-25-29-14-21-4-3-19(11-23(21)31-25)22-15-30-33(2)16-22/h3-5,8,11-12,14-16H,6-7,9-10,13,17-18H2,1-2H3. The number of likely N-dealkylation sites (tertiary alicyclic amines) is 1. The first-order valence-electron chi connectivity index (χ1n) is 12.1. The summed E-state index contributed by atoms with van der Waals surface area (Å²) in [4.78, 5) is 31.5. The van der Waals surface area contributed by atoms with E-state index in [4.69, 9.17) is 4.98 Å². The second kappa shape index (κ2) is 8.53. The Kier molecular flexibility index (Phi) is 5.33. The van der Waals surface area contributed by atoms with E-state index in [0.717, 1.165) is 40.9 Å². The summed E-state index contributed by atoms with van der Waals surface area (Å²) in [5.41, 5.74) is 4.04. The second-order valence-corrected chi connectivity index (χ2v) is 10.1. The van der Waals surface area contributed by atoms with E-state index < -0.39 is 0 Å². The van der Waals surface area contributed by atoms with E-state index >= 15 is 0 Å². The van der Waals surface area contributed by atoms with Crippen LogP contribution in [0.25, 0.3) is 22.0 Å². The number of pyridine rings is 1. The lowest BCUT2D eigenvalue weighted by Crippen LogP contribution is -2.58. The number of hydrogen-bond acceptors (Lipinski definition) is 7. The number of benzene rings is 1. The van der Waals surface area contributed by atoms with Crippen LogP contribution in [0.5, 0.6) is 0 Å². The van der Waals surface area contributed by atoms with Gasteiger partial charge in [-0.15, -0.1) is 0 Å². The third-order valence-corrected chi connectivity index (χ3v) is 7.42. The van der Waals surface area contributed by atoms with Gasteiger partial charge in [0.05, 0.1) is 18.1 Å². The molecule has 8 heteroatoms. The molecule has 0 amide bonds. The number of fused-ring (bicyclic) bond motifs is 1. The lowest BCUT2D eigenvalue weighted by molar-refractivity contribution is 0.00121. The molecule has 1 aromatic carbocycles. The largest absolute Gasteiger partial charge is 0.357 e. The van der Waals surface area contributed by atoms with E-state index in [1.807, 2.05) is 43.7 Å². The Bertz CT molecular complexity index is 1400. The van der Waals surface area contributed by atoms with Crippen LogP contribution in [0.3, 0.4) is 0 Å². The van der Waals surface area contributed by atoms with Gasteiger partial charge in [0.15, 0.2) is 5.78 Å². The van der Waals surface area contributed by atoms with Crippen molar-refractivity contribution in [2.45, 2.75) is 19.3 Å². The molecule has 0 saturated carbocycles. The Balaban J connectivity index is 1.17. The number of Topliss-reactive ketones (excluding diaryl/α,β-unsaturated/α-hetero) is 1. The molecule has 0 N–H and O–H groups in total. The lowest BCUT2D eigenvalue weighted by atomic mass is 9.72. The van der Waals surface area contributed by atoms with Crippen LogP contribution in [0, 0.1) is 5.41 Å². The normalized spacial score (nSPS) is 17.6. The van der Waals surface area contributed by atoms with Crippen molar-refractivity contribution in [2.75, 3.05) is 38.1 Å². The molecule has 0 aliphatic carbocycles. The molecule has 0 radical (unpaired) electrons. The molecule has 6 rings (SSSR count). The van der Waals surface area contributed by atoms with Gasteiger partial charge in [-0.1, -0.05) is 12.1 Å². The van der Waals surface area contributed by atoms with Crippen molar-refractivity contribution in [3.63, 3.8) is 0 Å². The summed E-state index contributed by atoms with van der Waals surface area (Å²) in [6, 6.07) is 9.78. The summed E-state index contributed by atoms with van der Waals surface area (Å²) >= 11 is 0. The molecule has 0 atom stereocenters. The topological polar surface area (TPSA) is 80.0 Å². The number of rotatable bonds is 5. The van der Waals surface area contributed by atoms with Gasteiger partial charge in [-0.2, -0.15) is 5.10 Å². The van der Waals surface area contributed by atoms with Crippen molar-refractivity contribution < 1.29 is 4.79 Å². The zero-order valence-electron chi connectivity index (χ0n) is 20.2. The zero-order chi connectivity index (χ0) is 24.0. The monoisotopic (exact) mass is 467 g/mol. The highest BCUT2D eigenvalue weighted by atomic mass is 16.1. The molecule has 35 heavy (non-hydrogen) atoms. The fourth-order valence-corrected chi connectivity index (χ4v) is 5.53. The number of aryl methyl sites for hydroxylation is 1. The molecular formula is C27H29N7O. The summed E-state index contributed by atoms with van der Waals surface area (Å²) < 4.78 is 1.78. The van der Waals surface area contributed by atoms with Crippen molar-refractivity contribution >= 4 is 22.5 Å². The van der Waals surface area contributed by atoms with Gasteiger partial charge in [-0.3, -0.25) is 9.48 Å². The van der Waals surface area contributed by atoms with Crippen molar-refractivity contribution in [3.05, 3.63) is 66.5 Å². The maximum atomic E-state index is 13.1. The van der Waals surface area contributed by atoms with Crippen LogP contribution in [-0.2, 0) is 13.5 Å². The Morgan fingerprint density at radius 3 is 2.57 bits per heavy atom. The summed E-state index contributed by atoms with van der Waals surface area (Å²) in [6.07, 6.45) is 9.86. The van der Waals surface area contributed by atoms with Crippen LogP contribution in [0.2, 0.25) is 0 Å². The zero-order valence-corrected chi connectivity index (χ0v) is 20.2. The predicted molar refractivity (Wildman–Crippen MR) is 135 cm³/mol. The summed E-state index contributed by atoms with van der Waals surface area (Å²) in [6.45, 7) is 4.38. The summed E-state index contributed by atoms with van der Waals surface area (Å²) in [5, 5.41) is 5.20. The number of carbonyl (C=O) groups is 1. The highest BCUT2D eigenvalue weighted by molar-refractivity contribution is 5.98. The maximum Gasteiger partial charge on any atom is 0.170 e. The van der Waals surface area contributed by atoms with Gasteiger partial charge < -0.3 is 9.80 Å². The van der Waals surface area contributed by atoms with Crippen molar-refractivity contribution in [1.29, 1.82) is 0 Å². The average molecular weight is 468 g/mol. The number of carbonyl (C=O) groups excluding carboxylic acids is 1. The van der Waals surface area contributed by atoms with Gasteiger partial charge >= 0.3 is 0 Å². The van der Waals surface area contributed by atoms with E-state index in [1.54, 1.807) is 23.1 Å². The molecule has 3 aromatic heterocycles. The number of piperidine rings is 1. The molecule has 2 saturated heterocycles. The lowest BCUT2D eigenvalue weighted by Gasteiger charge is -2.53. The van der Waals surface area contributed by atoms with Crippen LogP contribution < -0.4 is 4.90 Å². The molecule has 2 aliphatic heterocycles. The van der Waals surface area contributed by atoms with Gasteiger partial charge in [0.25, 0.3) is 0 Å². The third kappa shape index (κ3) is 4.30. The second-order valence-electron chi connectivity index (χ2n) is 10.1. The molecule has 178 valence electrons. The number of aromatic nitrogens is 5. The molecule has 5 heterocycles. The highest BCUT2D eigenvalue weighted by Crippen LogP contribution is 2.40. The van der Waals surface area contributed by atoms with E-state index in [-0.39, 0.29) is 12.2 Å². The average Bonchev–Trinajstić information content (AvgIpc) is 3.29. The first-order chi connectivity index (χ1) is 17.0. The molecular weight excluding hydrogens is 438 g/mol. The Morgan fingerprint density at radius 2 is 1.83 bits per heavy atom. The third-order valence-electron chi connectivity index (χ3n) is 7.42. The van der Waals surface area contributed by atoms with Crippen LogP contribution in [0.1, 0.15) is 29.0 Å². The first kappa shape index (κ1) is 21.9. The van der Waals surface area contributed by atoms with Crippen molar-refractivity contribution in [2.24, 2.45) is 12.5 Å². The molecule has 0 bridgehead atoms. The van der Waals surface area contributed by atoms with E-state index in [9.17, 15) is 4.79 Å². The van der Waals surface area contributed by atoms with E-state index in [1.165, 1.54) is 25.9 Å². The Hall–Kier alpha value is -3.65. The first-order valence-corrected chi connectivity index (χ1v) is 12.1. The molecule has 4 aromatic rings. The molecule has 2 aliphatic rings. The highest BCUT2D eigenvalue weighted by Gasteiger charge is 2.43. The smallest absolute Gasteiger partial charge is 0.170 e. The van der Waals surface area contributed by atoms with Crippen molar-refractivity contribution in [1.82, 2.24) is 29.6 Å². The fraction of sp³-hybridized carbons (Fsp3) is 0.370. The SMILES string of the molecule is CN1CC2(CCN(c3cc(C(=O)Cc4ncc5ccc(-c6cnn(C)c6)cc5n4)ccn3)CC2)C1. The maximum absolute atomic E-state index is 13.1. The molecule has 2 fully saturated rings. The summed E-state index contributed by atoms with van der Waals surface area (Å²) in [5.74, 6) is 1.42. The van der Waals surface area contributed by atoms with E-state index in [0.29, 0.717) is 16.8 Å². The van der Waals surface area contributed by atoms with Crippen LogP contribution in [0.15, 0.2) is 55.1 Å². The number of ketones is 1. The van der Waals surface area contributed by atoms with Gasteiger partial charge in [0.1, 0.15) is 11.6 Å². The summed E-state index contributed by atoms with van der Waals surface area (Å²) in [7, 11) is 4.09. The van der Waals surface area contributed by atoms with Gasteiger partial charge in [-0.25, -0.2) is 15.0 Å². The minimum atomic E-state index is 0.00510. The van der Waals surface area contributed by atoms with Gasteiger partial charge in [-0.05, 0) is 49.1 Å². The minimum Gasteiger partial charge on any atom is -0.357 e. The molecule has 8 nitrogen and oxygen atoms in total. The van der Waals surface area contributed by atoms with Gasteiger partial charge in [0.2, 0.25) is 0 Å². The Morgan fingerprint density at radius 1 is 1.00 bits per heavy atom. The van der Waals surface area contributed by atoms with Gasteiger partial charge in [0, 0.05) is 68.3 Å². The molecule has 0 unspecified atom stereocenters. The number of hydrogen-bond donors (Lipinski definition) is 0. The number of nitrogens with zero attached hydrogens (tertiary/aromatic N) is 7. The van der Waals surface area contributed by atoms with Crippen LogP contribution >= 0.6 is 0 Å².